The number of allylic oxidation sites excluding steroid dienone is 1. The largest absolute Gasteiger partial charge is 0.457 e. The first-order chi connectivity index (χ1) is 20.6. The highest BCUT2D eigenvalue weighted by molar-refractivity contribution is 7.88. The maximum atomic E-state index is 14.5. The SMILES string of the molecule is CC12CCC(=O)C=C1CCC1C2C(O)CC2(C)C1CC[C@]2(OC(=O)c1ccco1)C(=O)CS(=O)c1nc2ccccc2s1. The number of aliphatic hydroxyl groups is 1. The third-order valence-corrected chi connectivity index (χ3v) is 13.8. The predicted molar refractivity (Wildman–Crippen MR) is 161 cm³/mol. The highest BCUT2D eigenvalue weighted by Crippen LogP contribution is 2.68. The number of rotatable bonds is 6. The first-order valence-corrected chi connectivity index (χ1v) is 17.2. The van der Waals surface area contributed by atoms with Crippen LogP contribution in [0.3, 0.4) is 0 Å². The summed E-state index contributed by atoms with van der Waals surface area (Å²) in [4.78, 5) is 44.7. The molecular formula is C33H35NO7S2. The lowest BCUT2D eigenvalue weighted by atomic mass is 9.45. The number of aromatic nitrogens is 1. The Balaban J connectivity index is 1.25. The number of Topliss-reactive ketones (excluding diaryl/α,β-unsaturated/α-hetero) is 1. The molecule has 3 fully saturated rings. The molecule has 0 bridgehead atoms. The number of furan rings is 1. The summed E-state index contributed by atoms with van der Waals surface area (Å²) >= 11 is 1.29. The molecule has 2 heterocycles. The maximum absolute atomic E-state index is 14.5. The van der Waals surface area contributed by atoms with Crippen molar-refractivity contribution in [3.63, 3.8) is 0 Å². The average molecular weight is 622 g/mol. The number of esters is 1. The molecule has 0 radical (unpaired) electrons. The smallest absolute Gasteiger partial charge is 0.375 e. The topological polar surface area (TPSA) is 124 Å². The van der Waals surface area contributed by atoms with Crippen LogP contribution in [0, 0.1) is 28.6 Å². The van der Waals surface area contributed by atoms with Crippen LogP contribution in [0.5, 0.6) is 0 Å². The van der Waals surface area contributed by atoms with Crippen molar-refractivity contribution < 1.29 is 32.9 Å². The Morgan fingerprint density at radius 3 is 2.72 bits per heavy atom. The zero-order valence-electron chi connectivity index (χ0n) is 24.2. The molecule has 0 saturated heterocycles. The van der Waals surface area contributed by atoms with Crippen LogP contribution in [0.4, 0.5) is 0 Å². The minimum absolute atomic E-state index is 0.00106. The number of nitrogens with zero attached hydrogens (tertiary/aromatic N) is 1. The Bertz CT molecular complexity index is 1640. The number of carbonyl (C=O) groups excluding carboxylic acids is 3. The minimum Gasteiger partial charge on any atom is -0.457 e. The van der Waals surface area contributed by atoms with E-state index in [1.165, 1.54) is 23.7 Å². The Kier molecular flexibility index (Phi) is 6.91. The molecule has 1 N–H and O–H groups in total. The van der Waals surface area contributed by atoms with Crippen LogP contribution in [0.1, 0.15) is 69.3 Å². The summed E-state index contributed by atoms with van der Waals surface area (Å²) in [7, 11) is -1.74. The number of ether oxygens (including phenoxy) is 1. The number of hydrogen-bond acceptors (Lipinski definition) is 9. The second kappa shape index (κ2) is 10.3. The van der Waals surface area contributed by atoms with Crippen LogP contribution in [0.2, 0.25) is 0 Å². The van der Waals surface area contributed by atoms with Gasteiger partial charge in [-0.2, -0.15) is 0 Å². The quantitative estimate of drug-likeness (QED) is 0.350. The third kappa shape index (κ3) is 4.35. The Morgan fingerprint density at radius 2 is 1.95 bits per heavy atom. The average Bonchev–Trinajstić information content (AvgIpc) is 3.72. The van der Waals surface area contributed by atoms with E-state index >= 15 is 0 Å². The molecule has 0 aliphatic heterocycles. The van der Waals surface area contributed by atoms with Gasteiger partial charge >= 0.3 is 5.97 Å². The standard InChI is InChI=1S/C33H35NO7S2/c1-31-13-11-20(35)16-19(31)9-10-21-22-12-14-33(32(22,2)17-24(36)28(21)31,41-29(38)25-7-5-15-40-25)27(37)18-43(39)30-34-23-6-3-4-8-26(23)42-30/h3-8,15-16,21-22,24,28,36H,9-14,17-18H2,1-2H3/t21?,22?,24?,28?,31?,32?,33-,43?/m0/s1. The van der Waals surface area contributed by atoms with Gasteiger partial charge in [0.15, 0.2) is 21.5 Å². The second-order valence-corrected chi connectivity index (χ2v) is 15.8. The summed E-state index contributed by atoms with van der Waals surface area (Å²) in [6.07, 6.45) is 6.36. The number of hydrogen-bond donors (Lipinski definition) is 1. The van der Waals surface area contributed by atoms with Crippen LogP contribution in [-0.2, 0) is 25.1 Å². The van der Waals surface area contributed by atoms with E-state index in [2.05, 4.69) is 11.9 Å². The van der Waals surface area contributed by atoms with Gasteiger partial charge in [-0.15, -0.1) is 11.3 Å². The zero-order valence-corrected chi connectivity index (χ0v) is 25.9. The fraction of sp³-hybridized carbons (Fsp3) is 0.515. The van der Waals surface area contributed by atoms with Crippen LogP contribution in [0.25, 0.3) is 10.2 Å². The molecule has 4 aliphatic carbocycles. The third-order valence-electron chi connectivity index (χ3n) is 11.2. The van der Waals surface area contributed by atoms with Gasteiger partial charge < -0.3 is 14.3 Å². The van der Waals surface area contributed by atoms with Crippen LogP contribution in [-0.4, -0.2) is 49.3 Å². The molecule has 3 aromatic rings. The number of benzene rings is 1. The van der Waals surface area contributed by atoms with Gasteiger partial charge in [0.1, 0.15) is 0 Å². The lowest BCUT2D eigenvalue weighted by Gasteiger charge is -2.60. The molecule has 4 aliphatic rings. The summed E-state index contributed by atoms with van der Waals surface area (Å²) in [6.45, 7) is 4.15. The van der Waals surface area contributed by atoms with Gasteiger partial charge in [-0.3, -0.25) is 13.8 Å². The van der Waals surface area contributed by atoms with Gasteiger partial charge in [-0.05, 0) is 92.0 Å². The van der Waals surface area contributed by atoms with Crippen LogP contribution in [0.15, 0.2) is 63.1 Å². The van der Waals surface area contributed by atoms with Crippen molar-refractivity contribution in [1.82, 2.24) is 4.98 Å². The molecule has 0 amide bonds. The fourth-order valence-corrected chi connectivity index (χ4v) is 11.5. The van der Waals surface area contributed by atoms with E-state index in [0.29, 0.717) is 23.6 Å². The van der Waals surface area contributed by atoms with Crippen LogP contribution < -0.4 is 0 Å². The number of para-hydroxylation sites is 1. The number of ketones is 2. The number of thiazole rings is 1. The normalized spacial score (nSPS) is 35.9. The van der Waals surface area contributed by atoms with Crippen molar-refractivity contribution in [3.05, 3.63) is 60.1 Å². The summed E-state index contributed by atoms with van der Waals surface area (Å²) in [5.41, 5.74) is -0.901. The van der Waals surface area contributed by atoms with Gasteiger partial charge in [0.25, 0.3) is 0 Å². The predicted octanol–water partition coefficient (Wildman–Crippen LogP) is 5.66. The van der Waals surface area contributed by atoms with E-state index in [-0.39, 0.29) is 53.3 Å². The van der Waals surface area contributed by atoms with Gasteiger partial charge in [0, 0.05) is 11.8 Å². The van der Waals surface area contributed by atoms with Crippen molar-refractivity contribution in [2.24, 2.45) is 28.6 Å². The molecule has 7 unspecified atom stereocenters. The minimum atomic E-state index is -1.74. The molecule has 8 atom stereocenters. The van der Waals surface area contributed by atoms with Crippen molar-refractivity contribution in [3.8, 4) is 0 Å². The van der Waals surface area contributed by atoms with E-state index in [0.717, 1.165) is 28.6 Å². The number of carbonyl (C=O) groups is 3. The van der Waals surface area contributed by atoms with Crippen LogP contribution >= 0.6 is 11.3 Å². The van der Waals surface area contributed by atoms with Gasteiger partial charge in [-0.1, -0.05) is 31.6 Å². The molecule has 43 heavy (non-hydrogen) atoms. The Morgan fingerprint density at radius 1 is 1.14 bits per heavy atom. The molecule has 8 nitrogen and oxygen atoms in total. The van der Waals surface area contributed by atoms with Crippen molar-refractivity contribution in [2.75, 3.05) is 5.75 Å². The summed E-state index contributed by atoms with van der Waals surface area (Å²) in [5.74, 6) is -1.31. The Hall–Kier alpha value is -2.95. The number of fused-ring (bicyclic) bond motifs is 6. The van der Waals surface area contributed by atoms with E-state index in [4.69, 9.17) is 9.15 Å². The first-order valence-electron chi connectivity index (χ1n) is 15.0. The summed E-state index contributed by atoms with van der Waals surface area (Å²) in [5, 5.41) is 11.9. The monoisotopic (exact) mass is 621 g/mol. The maximum Gasteiger partial charge on any atom is 0.375 e. The molecule has 10 heteroatoms. The van der Waals surface area contributed by atoms with Gasteiger partial charge in [-0.25, -0.2) is 9.78 Å². The molecule has 3 saturated carbocycles. The lowest BCUT2D eigenvalue weighted by molar-refractivity contribution is -0.180. The second-order valence-electron chi connectivity index (χ2n) is 13.2. The van der Waals surface area contributed by atoms with Gasteiger partial charge in [0.05, 0.1) is 39.1 Å². The van der Waals surface area contributed by atoms with Gasteiger partial charge in [0.2, 0.25) is 5.76 Å². The van der Waals surface area contributed by atoms with E-state index in [1.807, 2.05) is 31.2 Å². The first kappa shape index (κ1) is 28.8. The molecule has 226 valence electrons. The highest BCUT2D eigenvalue weighted by Gasteiger charge is 2.70. The van der Waals surface area contributed by atoms with Crippen molar-refractivity contribution >= 4 is 49.9 Å². The Labute approximate surface area is 256 Å². The highest BCUT2D eigenvalue weighted by atomic mass is 32.2. The molecule has 2 aromatic heterocycles. The molecular weight excluding hydrogens is 586 g/mol. The van der Waals surface area contributed by atoms with E-state index in [9.17, 15) is 23.7 Å². The molecule has 7 rings (SSSR count). The van der Waals surface area contributed by atoms with Crippen molar-refractivity contribution in [1.29, 1.82) is 0 Å². The molecule has 1 aromatic carbocycles. The van der Waals surface area contributed by atoms with E-state index < -0.39 is 39.7 Å². The molecule has 0 spiro atoms. The van der Waals surface area contributed by atoms with Crippen molar-refractivity contribution in [2.45, 2.75) is 74.8 Å². The fourth-order valence-electron chi connectivity index (χ4n) is 9.21. The summed E-state index contributed by atoms with van der Waals surface area (Å²) < 4.78 is 26.4. The van der Waals surface area contributed by atoms with E-state index in [1.54, 1.807) is 12.1 Å². The summed E-state index contributed by atoms with van der Waals surface area (Å²) in [6, 6.07) is 10.6. The number of aliphatic hydroxyl groups excluding tert-OH is 1. The lowest BCUT2D eigenvalue weighted by Crippen LogP contribution is -2.63. The zero-order chi connectivity index (χ0) is 30.1.